The van der Waals surface area contributed by atoms with Crippen LogP contribution in [0.2, 0.25) is 0 Å². The standard InChI is InChI=1S/C19H16F3N3O3S/c1-12-4-3-5-13(10-12)11-29(2,27)25-17(26)15-8-6-14(7-9-15)16-23-18(28-24-16)19(20,21)22/h3-10H,11H2,1-2H3. The summed E-state index contributed by atoms with van der Waals surface area (Å²) in [5, 5.41) is 3.28. The fourth-order valence-electron chi connectivity index (χ4n) is 2.59. The molecule has 0 N–H and O–H groups in total. The molecule has 1 aromatic heterocycles. The van der Waals surface area contributed by atoms with Crippen molar-refractivity contribution in [3.63, 3.8) is 0 Å². The first-order chi connectivity index (χ1) is 13.5. The number of hydrogen-bond donors (Lipinski definition) is 0. The van der Waals surface area contributed by atoms with Crippen LogP contribution in [0.5, 0.6) is 0 Å². The number of alkyl halides is 3. The second-order valence-electron chi connectivity index (χ2n) is 6.49. The van der Waals surface area contributed by atoms with E-state index in [-0.39, 0.29) is 22.7 Å². The first kappa shape index (κ1) is 20.7. The van der Waals surface area contributed by atoms with Gasteiger partial charge in [0.15, 0.2) is 0 Å². The lowest BCUT2D eigenvalue weighted by atomic mass is 10.1. The number of carbonyl (C=O) groups excluding carboxylic acids is 1. The van der Waals surface area contributed by atoms with Crippen LogP contribution in [0.25, 0.3) is 11.4 Å². The number of hydrogen-bond acceptors (Lipinski definition) is 5. The van der Waals surface area contributed by atoms with E-state index in [1.165, 1.54) is 30.5 Å². The Balaban J connectivity index is 1.78. The molecule has 1 unspecified atom stereocenters. The molecule has 6 nitrogen and oxygen atoms in total. The highest BCUT2D eigenvalue weighted by Crippen LogP contribution is 2.29. The molecular weight excluding hydrogens is 407 g/mol. The summed E-state index contributed by atoms with van der Waals surface area (Å²) < 4.78 is 58.4. The molecule has 0 saturated heterocycles. The van der Waals surface area contributed by atoms with Crippen molar-refractivity contribution in [1.29, 1.82) is 0 Å². The van der Waals surface area contributed by atoms with Gasteiger partial charge in [0, 0.05) is 17.4 Å². The quantitative estimate of drug-likeness (QED) is 0.617. The fourth-order valence-corrected chi connectivity index (χ4v) is 3.91. The van der Waals surface area contributed by atoms with Crippen molar-refractivity contribution in [1.82, 2.24) is 10.1 Å². The average molecular weight is 423 g/mol. The normalized spacial score (nSPS) is 13.7. The maximum absolute atomic E-state index is 12.7. The zero-order valence-corrected chi connectivity index (χ0v) is 16.3. The average Bonchev–Trinajstić information content (AvgIpc) is 3.11. The number of carbonyl (C=O) groups is 1. The van der Waals surface area contributed by atoms with E-state index in [1.807, 2.05) is 31.2 Å². The fraction of sp³-hybridized carbons (Fsp3) is 0.211. The van der Waals surface area contributed by atoms with Crippen LogP contribution in [0, 0.1) is 6.92 Å². The zero-order valence-electron chi connectivity index (χ0n) is 15.4. The van der Waals surface area contributed by atoms with Crippen molar-refractivity contribution >= 4 is 15.6 Å². The Hall–Kier alpha value is -3.01. The second kappa shape index (κ2) is 7.78. The van der Waals surface area contributed by atoms with Gasteiger partial charge >= 0.3 is 12.1 Å². The molecule has 1 atom stereocenters. The Bertz CT molecular complexity index is 1160. The predicted molar refractivity (Wildman–Crippen MR) is 100 cm³/mol. The first-order valence-corrected chi connectivity index (χ1v) is 10.4. The van der Waals surface area contributed by atoms with Gasteiger partial charge < -0.3 is 4.52 Å². The van der Waals surface area contributed by atoms with Crippen molar-refractivity contribution in [3.05, 3.63) is 71.1 Å². The highest BCUT2D eigenvalue weighted by molar-refractivity contribution is 7.92. The summed E-state index contributed by atoms with van der Waals surface area (Å²) in [5.74, 6) is -2.26. The van der Waals surface area contributed by atoms with Crippen molar-refractivity contribution in [2.45, 2.75) is 18.9 Å². The minimum atomic E-state index is -4.74. The smallest absolute Gasteiger partial charge is 0.329 e. The molecule has 152 valence electrons. The monoisotopic (exact) mass is 423 g/mol. The molecule has 1 amide bonds. The van der Waals surface area contributed by atoms with Gasteiger partial charge in [-0.1, -0.05) is 47.1 Å². The van der Waals surface area contributed by atoms with Crippen LogP contribution in [0.3, 0.4) is 0 Å². The lowest BCUT2D eigenvalue weighted by molar-refractivity contribution is -0.159. The minimum absolute atomic E-state index is 0.127. The van der Waals surface area contributed by atoms with Gasteiger partial charge in [-0.25, -0.2) is 4.21 Å². The van der Waals surface area contributed by atoms with Gasteiger partial charge in [0.1, 0.15) is 0 Å². The maximum atomic E-state index is 12.7. The number of nitrogens with zero attached hydrogens (tertiary/aromatic N) is 3. The SMILES string of the molecule is Cc1cccc(CS(C)(=O)=NC(=O)c2ccc(-c3noc(C(F)(F)F)n3)cc2)c1. The van der Waals surface area contributed by atoms with Crippen LogP contribution in [0.4, 0.5) is 13.2 Å². The molecule has 0 spiro atoms. The van der Waals surface area contributed by atoms with Gasteiger partial charge in [-0.05, 0) is 24.6 Å². The lowest BCUT2D eigenvalue weighted by Crippen LogP contribution is -2.06. The van der Waals surface area contributed by atoms with E-state index in [4.69, 9.17) is 0 Å². The van der Waals surface area contributed by atoms with E-state index >= 15 is 0 Å². The van der Waals surface area contributed by atoms with Crippen molar-refractivity contribution < 1.29 is 26.7 Å². The third-order valence-corrected chi connectivity index (χ3v) is 5.27. The first-order valence-electron chi connectivity index (χ1n) is 8.34. The molecule has 0 fully saturated rings. The molecule has 10 heteroatoms. The maximum Gasteiger partial charge on any atom is 0.471 e. The van der Waals surface area contributed by atoms with Crippen molar-refractivity contribution in [2.24, 2.45) is 4.36 Å². The Morgan fingerprint density at radius 2 is 1.86 bits per heavy atom. The molecule has 0 saturated carbocycles. The number of aromatic nitrogens is 2. The molecule has 0 aliphatic rings. The summed E-state index contributed by atoms with van der Waals surface area (Å²) in [6.07, 6.45) is -3.34. The molecule has 0 bridgehead atoms. The van der Waals surface area contributed by atoms with Crippen LogP contribution in [-0.4, -0.2) is 26.5 Å². The molecule has 29 heavy (non-hydrogen) atoms. The third-order valence-electron chi connectivity index (χ3n) is 3.85. The predicted octanol–water partition coefficient (Wildman–Crippen LogP) is 4.50. The van der Waals surface area contributed by atoms with Crippen molar-refractivity contribution in [2.75, 3.05) is 6.26 Å². The summed E-state index contributed by atoms with van der Waals surface area (Å²) in [7, 11) is -2.81. The highest BCUT2D eigenvalue weighted by Gasteiger charge is 2.38. The summed E-state index contributed by atoms with van der Waals surface area (Å²) in [6.45, 7) is 1.91. The number of rotatable bonds is 4. The van der Waals surface area contributed by atoms with E-state index in [9.17, 15) is 22.2 Å². The number of amides is 1. The molecule has 0 radical (unpaired) electrons. The lowest BCUT2D eigenvalue weighted by Gasteiger charge is -2.05. The molecule has 3 aromatic rings. The van der Waals surface area contributed by atoms with Crippen LogP contribution in [0.15, 0.2) is 57.4 Å². The number of aryl methyl sites for hydroxylation is 1. The Morgan fingerprint density at radius 3 is 2.45 bits per heavy atom. The molecular formula is C19H16F3N3O3S. The van der Waals surface area contributed by atoms with Gasteiger partial charge in [0.25, 0.3) is 5.91 Å². The molecule has 3 rings (SSSR count). The van der Waals surface area contributed by atoms with E-state index in [1.54, 1.807) is 0 Å². The van der Waals surface area contributed by atoms with Gasteiger partial charge in [-0.3, -0.25) is 4.79 Å². The third kappa shape index (κ3) is 5.29. The van der Waals surface area contributed by atoms with Crippen molar-refractivity contribution in [3.8, 4) is 11.4 Å². The Kier molecular flexibility index (Phi) is 5.56. The van der Waals surface area contributed by atoms with E-state index < -0.39 is 27.7 Å². The van der Waals surface area contributed by atoms with Gasteiger partial charge in [-0.15, -0.1) is 0 Å². The van der Waals surface area contributed by atoms with Crippen LogP contribution < -0.4 is 0 Å². The Morgan fingerprint density at radius 1 is 1.17 bits per heavy atom. The highest BCUT2D eigenvalue weighted by atomic mass is 32.2. The van der Waals surface area contributed by atoms with Gasteiger partial charge in [0.2, 0.25) is 5.82 Å². The minimum Gasteiger partial charge on any atom is -0.329 e. The van der Waals surface area contributed by atoms with E-state index in [2.05, 4.69) is 19.0 Å². The van der Waals surface area contributed by atoms with Crippen LogP contribution in [0.1, 0.15) is 27.4 Å². The summed E-state index contributed by atoms with van der Waals surface area (Å²) in [4.78, 5) is 15.6. The van der Waals surface area contributed by atoms with Gasteiger partial charge in [-0.2, -0.15) is 22.5 Å². The van der Waals surface area contributed by atoms with Crippen LogP contribution in [-0.2, 0) is 21.7 Å². The van der Waals surface area contributed by atoms with E-state index in [0.29, 0.717) is 0 Å². The van der Waals surface area contributed by atoms with E-state index in [0.717, 1.165) is 11.1 Å². The van der Waals surface area contributed by atoms with Crippen LogP contribution >= 0.6 is 0 Å². The van der Waals surface area contributed by atoms with Gasteiger partial charge in [0.05, 0.1) is 15.5 Å². The molecule has 1 heterocycles. The largest absolute Gasteiger partial charge is 0.471 e. The summed E-state index contributed by atoms with van der Waals surface area (Å²) in [6, 6.07) is 12.9. The number of benzene rings is 2. The molecule has 0 aliphatic carbocycles. The Labute approximate surface area is 164 Å². The molecule has 2 aromatic carbocycles. The number of halogens is 3. The topological polar surface area (TPSA) is 85.4 Å². The zero-order chi connectivity index (χ0) is 21.2. The summed E-state index contributed by atoms with van der Waals surface area (Å²) >= 11 is 0. The summed E-state index contributed by atoms with van der Waals surface area (Å²) in [5.41, 5.74) is 2.20. The second-order valence-corrected chi connectivity index (χ2v) is 8.88. The molecule has 0 aliphatic heterocycles.